The first-order valence-corrected chi connectivity index (χ1v) is 8.35. The Labute approximate surface area is 159 Å². The minimum Gasteiger partial charge on any atom is -0.496 e. The van der Waals surface area contributed by atoms with Crippen molar-refractivity contribution in [2.24, 2.45) is 0 Å². The van der Waals surface area contributed by atoms with Gasteiger partial charge in [-0.1, -0.05) is 23.7 Å². The van der Waals surface area contributed by atoms with Gasteiger partial charge in [-0.25, -0.2) is 0 Å². The molecule has 0 unspecified atom stereocenters. The Morgan fingerprint density at radius 2 is 2.00 bits per heavy atom. The maximum Gasteiger partial charge on any atom is 0.273 e. The SMILES string of the molecule is COc1ccc(Cl)cc1C(=O)NNC(=O)C[C@H]1Oc2ccccc2NC1=O. The predicted octanol–water partition coefficient (Wildman–Crippen LogP) is 1.90. The average molecular weight is 390 g/mol. The molecule has 1 atom stereocenters. The Kier molecular flexibility index (Phi) is 5.46. The van der Waals surface area contributed by atoms with Gasteiger partial charge >= 0.3 is 0 Å². The first-order valence-electron chi connectivity index (χ1n) is 7.97. The third-order valence-corrected chi connectivity index (χ3v) is 4.03. The summed E-state index contributed by atoms with van der Waals surface area (Å²) in [5, 5.41) is 3.01. The number of methoxy groups -OCH3 is 1. The third-order valence-electron chi connectivity index (χ3n) is 3.80. The molecule has 0 aromatic heterocycles. The van der Waals surface area contributed by atoms with E-state index in [-0.39, 0.29) is 12.0 Å². The van der Waals surface area contributed by atoms with E-state index in [0.717, 1.165) is 0 Å². The van der Waals surface area contributed by atoms with Crippen molar-refractivity contribution in [3.63, 3.8) is 0 Å². The summed E-state index contributed by atoms with van der Waals surface area (Å²) in [5.41, 5.74) is 5.21. The molecule has 0 bridgehead atoms. The number of benzene rings is 2. The number of ether oxygens (including phenoxy) is 2. The van der Waals surface area contributed by atoms with Crippen LogP contribution in [0.5, 0.6) is 11.5 Å². The molecule has 9 heteroatoms. The van der Waals surface area contributed by atoms with Gasteiger partial charge in [-0.15, -0.1) is 0 Å². The second-order valence-electron chi connectivity index (χ2n) is 5.64. The summed E-state index contributed by atoms with van der Waals surface area (Å²) in [6.45, 7) is 0. The van der Waals surface area contributed by atoms with Crippen molar-refractivity contribution in [1.29, 1.82) is 0 Å². The fraction of sp³-hybridized carbons (Fsp3) is 0.167. The number of fused-ring (bicyclic) bond motifs is 1. The minimum atomic E-state index is -1.00. The van der Waals surface area contributed by atoms with Crippen LogP contribution in [-0.2, 0) is 9.59 Å². The van der Waals surface area contributed by atoms with Crippen molar-refractivity contribution in [2.75, 3.05) is 12.4 Å². The molecular formula is C18H16ClN3O5. The highest BCUT2D eigenvalue weighted by atomic mass is 35.5. The lowest BCUT2D eigenvalue weighted by Crippen LogP contribution is -2.46. The smallest absolute Gasteiger partial charge is 0.273 e. The van der Waals surface area contributed by atoms with E-state index in [1.54, 1.807) is 30.3 Å². The highest BCUT2D eigenvalue weighted by molar-refractivity contribution is 6.31. The zero-order chi connectivity index (χ0) is 19.4. The average Bonchev–Trinajstić information content (AvgIpc) is 2.66. The molecule has 0 spiro atoms. The first-order chi connectivity index (χ1) is 13.0. The molecule has 1 aliphatic heterocycles. The van der Waals surface area contributed by atoms with Gasteiger partial charge in [0.2, 0.25) is 5.91 Å². The van der Waals surface area contributed by atoms with Crippen LogP contribution in [0.4, 0.5) is 5.69 Å². The molecule has 0 fully saturated rings. The van der Waals surface area contributed by atoms with Gasteiger partial charge in [0.05, 0.1) is 24.8 Å². The van der Waals surface area contributed by atoms with Gasteiger partial charge in [-0.05, 0) is 30.3 Å². The van der Waals surface area contributed by atoms with Crippen molar-refractivity contribution < 1.29 is 23.9 Å². The van der Waals surface area contributed by atoms with E-state index in [4.69, 9.17) is 21.1 Å². The fourth-order valence-electron chi connectivity index (χ4n) is 2.50. The van der Waals surface area contributed by atoms with Crippen LogP contribution >= 0.6 is 11.6 Å². The van der Waals surface area contributed by atoms with Crippen molar-refractivity contribution in [3.8, 4) is 11.5 Å². The van der Waals surface area contributed by atoms with Gasteiger partial charge in [-0.3, -0.25) is 25.2 Å². The number of rotatable bonds is 4. The maximum absolute atomic E-state index is 12.2. The van der Waals surface area contributed by atoms with E-state index < -0.39 is 23.8 Å². The zero-order valence-corrected chi connectivity index (χ0v) is 15.0. The summed E-state index contributed by atoms with van der Waals surface area (Å²) in [6, 6.07) is 11.4. The molecule has 140 valence electrons. The lowest BCUT2D eigenvalue weighted by molar-refractivity contribution is -0.130. The zero-order valence-electron chi connectivity index (χ0n) is 14.2. The molecule has 3 amide bonds. The van der Waals surface area contributed by atoms with Crippen molar-refractivity contribution in [3.05, 3.63) is 53.1 Å². The molecule has 0 radical (unpaired) electrons. The highest BCUT2D eigenvalue weighted by Gasteiger charge is 2.29. The fourth-order valence-corrected chi connectivity index (χ4v) is 2.67. The van der Waals surface area contributed by atoms with Crippen LogP contribution in [0, 0.1) is 0 Å². The van der Waals surface area contributed by atoms with Gasteiger partial charge < -0.3 is 14.8 Å². The molecule has 1 aliphatic rings. The molecule has 1 heterocycles. The number of carbonyl (C=O) groups excluding carboxylic acids is 3. The van der Waals surface area contributed by atoms with E-state index in [1.165, 1.54) is 19.2 Å². The van der Waals surface area contributed by atoms with Gasteiger partial charge in [0.15, 0.2) is 6.10 Å². The number of hydrazine groups is 1. The number of halogens is 1. The lowest BCUT2D eigenvalue weighted by atomic mass is 10.1. The largest absolute Gasteiger partial charge is 0.496 e. The van der Waals surface area contributed by atoms with Gasteiger partial charge in [-0.2, -0.15) is 0 Å². The molecule has 0 saturated carbocycles. The normalized spacial score (nSPS) is 15.0. The van der Waals surface area contributed by atoms with E-state index in [0.29, 0.717) is 22.2 Å². The molecule has 3 N–H and O–H groups in total. The number of carbonyl (C=O) groups is 3. The molecule has 2 aromatic rings. The van der Waals surface area contributed by atoms with Crippen LogP contribution in [0.3, 0.4) is 0 Å². The van der Waals surface area contributed by atoms with Crippen LogP contribution in [0.2, 0.25) is 5.02 Å². The Bertz CT molecular complexity index is 902. The molecule has 0 saturated heterocycles. The summed E-state index contributed by atoms with van der Waals surface area (Å²) in [7, 11) is 1.41. The summed E-state index contributed by atoms with van der Waals surface area (Å²) in [4.78, 5) is 36.3. The molecule has 2 aromatic carbocycles. The Morgan fingerprint density at radius 1 is 1.22 bits per heavy atom. The number of para-hydroxylation sites is 2. The van der Waals surface area contributed by atoms with Crippen LogP contribution in [-0.4, -0.2) is 30.9 Å². The quantitative estimate of drug-likeness (QED) is 0.692. The Morgan fingerprint density at radius 3 is 2.78 bits per heavy atom. The number of nitrogens with one attached hydrogen (secondary N) is 3. The summed E-state index contributed by atoms with van der Waals surface area (Å²) < 4.78 is 10.6. The van der Waals surface area contributed by atoms with Gasteiger partial charge in [0, 0.05) is 5.02 Å². The van der Waals surface area contributed by atoms with Crippen LogP contribution in [0.1, 0.15) is 16.8 Å². The topological polar surface area (TPSA) is 106 Å². The van der Waals surface area contributed by atoms with E-state index in [1.807, 2.05) is 0 Å². The third kappa shape index (κ3) is 4.29. The Hall–Kier alpha value is -3.26. The predicted molar refractivity (Wildman–Crippen MR) is 97.7 cm³/mol. The summed E-state index contributed by atoms with van der Waals surface area (Å²) in [6.07, 6.45) is -1.27. The second-order valence-corrected chi connectivity index (χ2v) is 6.08. The Balaban J connectivity index is 1.58. The van der Waals surface area contributed by atoms with Crippen molar-refractivity contribution in [1.82, 2.24) is 10.9 Å². The summed E-state index contributed by atoms with van der Waals surface area (Å²) in [5.74, 6) is -0.863. The molecule has 3 rings (SSSR count). The minimum absolute atomic E-state index is 0.158. The van der Waals surface area contributed by atoms with Gasteiger partial charge in [0.1, 0.15) is 11.5 Å². The number of amides is 3. The standard InChI is InChI=1S/C18H16ClN3O5/c1-26-13-7-6-10(19)8-11(13)17(24)22-21-16(23)9-15-18(25)20-12-4-2-3-5-14(12)27-15/h2-8,15H,9H2,1H3,(H,20,25)(H,21,23)(H,22,24)/t15-/m1/s1. The monoisotopic (exact) mass is 389 g/mol. The number of hydrogen-bond donors (Lipinski definition) is 3. The van der Waals surface area contributed by atoms with Crippen LogP contribution in [0.15, 0.2) is 42.5 Å². The molecule has 0 aliphatic carbocycles. The number of anilines is 1. The van der Waals surface area contributed by atoms with Crippen molar-refractivity contribution >= 4 is 35.0 Å². The van der Waals surface area contributed by atoms with Crippen LogP contribution < -0.4 is 25.6 Å². The number of hydrogen-bond acceptors (Lipinski definition) is 5. The molecule has 8 nitrogen and oxygen atoms in total. The lowest BCUT2D eigenvalue weighted by Gasteiger charge is -2.25. The highest BCUT2D eigenvalue weighted by Crippen LogP contribution is 2.29. The van der Waals surface area contributed by atoms with E-state index >= 15 is 0 Å². The summed E-state index contributed by atoms with van der Waals surface area (Å²) >= 11 is 5.88. The van der Waals surface area contributed by atoms with E-state index in [2.05, 4.69) is 16.2 Å². The van der Waals surface area contributed by atoms with E-state index in [9.17, 15) is 14.4 Å². The first kappa shape index (κ1) is 18.5. The van der Waals surface area contributed by atoms with Gasteiger partial charge in [0.25, 0.3) is 11.8 Å². The van der Waals surface area contributed by atoms with Crippen molar-refractivity contribution in [2.45, 2.75) is 12.5 Å². The molecule has 27 heavy (non-hydrogen) atoms. The maximum atomic E-state index is 12.2. The van der Waals surface area contributed by atoms with Crippen LogP contribution in [0.25, 0.3) is 0 Å². The molecular weight excluding hydrogens is 374 g/mol. The second kappa shape index (κ2) is 7.96.